The number of nitrogens with zero attached hydrogens (tertiary/aromatic N) is 2. The highest BCUT2D eigenvalue weighted by atomic mass is 16.2. The van der Waals surface area contributed by atoms with Crippen molar-refractivity contribution < 1.29 is 19.2 Å². The van der Waals surface area contributed by atoms with Crippen LogP contribution in [-0.2, 0) is 29.0 Å². The Morgan fingerprint density at radius 2 is 1.62 bits per heavy atom. The molecule has 3 heterocycles. The first-order valence-electron chi connectivity index (χ1n) is 14.2. The molecule has 0 saturated carbocycles. The Labute approximate surface area is 230 Å². The van der Waals surface area contributed by atoms with E-state index in [1.807, 2.05) is 6.07 Å². The number of benzene rings is 2. The number of rotatable bonds is 6. The van der Waals surface area contributed by atoms with Crippen molar-refractivity contribution in [2.24, 2.45) is 11.3 Å². The second kappa shape index (κ2) is 10.7. The average molecular weight is 530 g/mol. The van der Waals surface area contributed by atoms with Crippen LogP contribution in [0.5, 0.6) is 0 Å². The summed E-state index contributed by atoms with van der Waals surface area (Å²) in [7, 11) is 0. The van der Waals surface area contributed by atoms with E-state index in [0.29, 0.717) is 23.0 Å². The molecule has 2 aromatic rings. The van der Waals surface area contributed by atoms with Crippen molar-refractivity contribution in [3.8, 4) is 0 Å². The van der Waals surface area contributed by atoms with Crippen LogP contribution >= 0.6 is 0 Å². The molecule has 3 aliphatic heterocycles. The zero-order valence-corrected chi connectivity index (χ0v) is 23.5. The predicted octanol–water partition coefficient (Wildman–Crippen LogP) is 4.44. The molecule has 1 atom stereocenters. The molecular weight excluding hydrogens is 490 g/mol. The third kappa shape index (κ3) is 5.55. The number of aryl methyl sites for hydroxylation is 3. The fraction of sp³-hybridized carbons (Fsp3) is 0.500. The topological polar surface area (TPSA) is 86.8 Å². The summed E-state index contributed by atoms with van der Waals surface area (Å²) < 4.78 is 0. The van der Waals surface area contributed by atoms with Crippen molar-refractivity contribution in [2.45, 2.75) is 78.8 Å². The van der Waals surface area contributed by atoms with Gasteiger partial charge in [0.1, 0.15) is 6.04 Å². The summed E-state index contributed by atoms with van der Waals surface area (Å²) in [6.07, 6.45) is 4.15. The van der Waals surface area contributed by atoms with E-state index in [2.05, 4.69) is 56.1 Å². The second-order valence-corrected chi connectivity index (χ2v) is 12.5. The van der Waals surface area contributed by atoms with Gasteiger partial charge in [-0.2, -0.15) is 0 Å². The number of carbonyl (C=O) groups is 4. The van der Waals surface area contributed by atoms with Crippen molar-refractivity contribution in [2.75, 3.05) is 13.1 Å². The van der Waals surface area contributed by atoms with E-state index in [9.17, 15) is 19.2 Å². The average Bonchev–Trinajstić information content (AvgIpc) is 3.14. The fourth-order valence-corrected chi connectivity index (χ4v) is 6.41. The van der Waals surface area contributed by atoms with Crippen LogP contribution in [-0.4, -0.2) is 52.6 Å². The summed E-state index contributed by atoms with van der Waals surface area (Å²) >= 11 is 0. The molecule has 7 nitrogen and oxygen atoms in total. The molecule has 0 aromatic heterocycles. The first-order valence-corrected chi connectivity index (χ1v) is 14.2. The Bertz CT molecular complexity index is 1320. The van der Waals surface area contributed by atoms with E-state index < -0.39 is 23.8 Å². The lowest BCUT2D eigenvalue weighted by Gasteiger charge is -2.38. The molecule has 206 valence electrons. The fourth-order valence-electron chi connectivity index (χ4n) is 6.41. The Morgan fingerprint density at radius 1 is 0.897 bits per heavy atom. The van der Waals surface area contributed by atoms with Gasteiger partial charge in [0.25, 0.3) is 11.8 Å². The number of imide groups is 2. The van der Waals surface area contributed by atoms with Gasteiger partial charge < -0.3 is 0 Å². The molecule has 0 bridgehead atoms. The van der Waals surface area contributed by atoms with Gasteiger partial charge in [0.15, 0.2) is 0 Å². The molecule has 0 aliphatic carbocycles. The van der Waals surface area contributed by atoms with Gasteiger partial charge in [-0.1, -0.05) is 51.1 Å². The Kier molecular flexibility index (Phi) is 7.47. The molecule has 1 unspecified atom stereocenters. The van der Waals surface area contributed by atoms with Crippen molar-refractivity contribution in [1.29, 1.82) is 0 Å². The lowest BCUT2D eigenvalue weighted by atomic mass is 9.75. The quantitative estimate of drug-likeness (QED) is 0.559. The number of piperidine rings is 2. The zero-order chi connectivity index (χ0) is 27.9. The molecule has 0 radical (unpaired) electrons. The van der Waals surface area contributed by atoms with Crippen molar-refractivity contribution in [1.82, 2.24) is 15.1 Å². The standard InChI is InChI=1S/C32H39N3O4/c1-20-18-21(19-34-16-14-24(15-17-34)32(2,3)4)8-9-22(20)10-11-23-6-5-7-25-28(23)31(39)35(30(25)38)26-12-13-27(36)33-29(26)37/h5-9,18,24,26H,10-17,19H2,1-4H3,(H,33,36,37). The zero-order valence-electron chi connectivity index (χ0n) is 23.5. The van der Waals surface area contributed by atoms with Crippen LogP contribution in [0.25, 0.3) is 0 Å². The van der Waals surface area contributed by atoms with E-state index in [4.69, 9.17) is 0 Å². The van der Waals surface area contributed by atoms with Gasteiger partial charge in [0.05, 0.1) is 11.1 Å². The number of likely N-dealkylation sites (tertiary alicyclic amines) is 1. The van der Waals surface area contributed by atoms with Gasteiger partial charge >= 0.3 is 0 Å². The van der Waals surface area contributed by atoms with Crippen LogP contribution in [0.4, 0.5) is 0 Å². The van der Waals surface area contributed by atoms with Gasteiger partial charge in [-0.05, 0) is 91.8 Å². The first-order chi connectivity index (χ1) is 18.5. The van der Waals surface area contributed by atoms with Gasteiger partial charge in [-0.3, -0.25) is 34.3 Å². The van der Waals surface area contributed by atoms with E-state index >= 15 is 0 Å². The Morgan fingerprint density at radius 3 is 2.28 bits per heavy atom. The summed E-state index contributed by atoms with van der Waals surface area (Å²) in [4.78, 5) is 54.0. The summed E-state index contributed by atoms with van der Waals surface area (Å²) in [6, 6.07) is 11.1. The van der Waals surface area contributed by atoms with Crippen LogP contribution in [0.2, 0.25) is 0 Å². The number of nitrogens with one attached hydrogen (secondary N) is 1. The number of hydrogen-bond donors (Lipinski definition) is 1. The lowest BCUT2D eigenvalue weighted by Crippen LogP contribution is -2.54. The molecule has 5 rings (SSSR count). The normalized spacial score (nSPS) is 20.9. The van der Waals surface area contributed by atoms with Crippen LogP contribution < -0.4 is 5.32 Å². The number of hydrogen-bond acceptors (Lipinski definition) is 5. The van der Waals surface area contributed by atoms with Crippen LogP contribution in [0.15, 0.2) is 36.4 Å². The van der Waals surface area contributed by atoms with Gasteiger partial charge in [0.2, 0.25) is 11.8 Å². The lowest BCUT2D eigenvalue weighted by molar-refractivity contribution is -0.136. The second-order valence-electron chi connectivity index (χ2n) is 12.5. The smallest absolute Gasteiger partial charge is 0.262 e. The molecule has 0 spiro atoms. The maximum Gasteiger partial charge on any atom is 0.262 e. The SMILES string of the molecule is Cc1cc(CN2CCC(C(C)(C)C)CC2)ccc1CCc1cccc2c1C(=O)N(C1CCC(=O)NC1=O)C2=O. The predicted molar refractivity (Wildman–Crippen MR) is 149 cm³/mol. The molecular formula is C32H39N3O4. The summed E-state index contributed by atoms with van der Waals surface area (Å²) in [6.45, 7) is 12.4. The number of amides is 4. The molecule has 1 N–H and O–H groups in total. The monoisotopic (exact) mass is 529 g/mol. The summed E-state index contributed by atoms with van der Waals surface area (Å²) in [5.41, 5.74) is 5.70. The van der Waals surface area contributed by atoms with E-state index in [1.165, 1.54) is 29.5 Å². The Balaban J connectivity index is 1.24. The maximum absolute atomic E-state index is 13.4. The maximum atomic E-state index is 13.4. The molecule has 3 aliphatic rings. The third-order valence-corrected chi connectivity index (χ3v) is 8.84. The minimum Gasteiger partial charge on any atom is -0.299 e. The highest BCUT2D eigenvalue weighted by Crippen LogP contribution is 2.35. The van der Waals surface area contributed by atoms with Gasteiger partial charge in [-0.15, -0.1) is 0 Å². The highest BCUT2D eigenvalue weighted by molar-refractivity contribution is 6.24. The van der Waals surface area contributed by atoms with E-state index in [1.54, 1.807) is 12.1 Å². The molecule has 7 heteroatoms. The van der Waals surface area contributed by atoms with Crippen molar-refractivity contribution in [3.05, 3.63) is 69.8 Å². The van der Waals surface area contributed by atoms with Gasteiger partial charge in [0, 0.05) is 13.0 Å². The molecule has 2 aromatic carbocycles. The Hall–Kier alpha value is -3.32. The van der Waals surface area contributed by atoms with E-state index in [-0.39, 0.29) is 18.7 Å². The van der Waals surface area contributed by atoms with E-state index in [0.717, 1.165) is 42.4 Å². The van der Waals surface area contributed by atoms with Crippen LogP contribution in [0, 0.1) is 18.3 Å². The van der Waals surface area contributed by atoms with Crippen LogP contribution in [0.3, 0.4) is 0 Å². The largest absolute Gasteiger partial charge is 0.299 e. The molecule has 39 heavy (non-hydrogen) atoms. The number of fused-ring (bicyclic) bond motifs is 1. The summed E-state index contributed by atoms with van der Waals surface area (Å²) in [5, 5.41) is 2.25. The minimum atomic E-state index is -0.947. The first kappa shape index (κ1) is 27.3. The van der Waals surface area contributed by atoms with Gasteiger partial charge in [-0.25, -0.2) is 0 Å². The molecule has 2 saturated heterocycles. The minimum absolute atomic E-state index is 0.112. The van der Waals surface area contributed by atoms with Crippen molar-refractivity contribution in [3.63, 3.8) is 0 Å². The van der Waals surface area contributed by atoms with Crippen LogP contribution in [0.1, 0.15) is 89.4 Å². The highest BCUT2D eigenvalue weighted by Gasteiger charge is 2.45. The third-order valence-electron chi connectivity index (χ3n) is 8.84. The molecule has 4 amide bonds. The summed E-state index contributed by atoms with van der Waals surface area (Å²) in [5.74, 6) is -1.08. The number of carbonyl (C=O) groups excluding carboxylic acids is 4. The van der Waals surface area contributed by atoms with Crippen molar-refractivity contribution >= 4 is 23.6 Å². The molecule has 2 fully saturated rings.